The van der Waals surface area contributed by atoms with Gasteiger partial charge in [0.1, 0.15) is 23.3 Å². The summed E-state index contributed by atoms with van der Waals surface area (Å²) in [5.74, 6) is 0. The third-order valence-electron chi connectivity index (χ3n) is 15.8. The number of thiophene rings is 1. The van der Waals surface area contributed by atoms with Gasteiger partial charge in [-0.2, -0.15) is 15.8 Å². The van der Waals surface area contributed by atoms with Crippen molar-refractivity contribution in [3.63, 3.8) is 0 Å². The highest BCUT2D eigenvalue weighted by Crippen LogP contribution is 2.54. The van der Waals surface area contributed by atoms with Crippen LogP contribution in [0.1, 0.15) is 16.7 Å². The zero-order valence-corrected chi connectivity index (χ0v) is 41.7. The Morgan fingerprint density at radius 3 is 1.19 bits per heavy atom. The van der Waals surface area contributed by atoms with Crippen LogP contribution in [-0.4, -0.2) is 18.3 Å². The number of hydrogen-bond donors (Lipinski definition) is 0. The first kappa shape index (κ1) is 42.8. The third kappa shape index (κ3) is 5.70. The number of nitriles is 3. The summed E-state index contributed by atoms with van der Waals surface area (Å²) in [6, 6.07) is 85.6. The third-order valence-corrected chi connectivity index (χ3v) is 17.0. The summed E-state index contributed by atoms with van der Waals surface area (Å²) in [5.41, 5.74) is 12.9. The normalized spacial score (nSPS) is 11.9. The summed E-state index contributed by atoms with van der Waals surface area (Å²) < 4.78 is 11.5. The van der Waals surface area contributed by atoms with Crippen molar-refractivity contribution >= 4 is 119 Å². The molecule has 0 amide bonds. The van der Waals surface area contributed by atoms with Crippen molar-refractivity contribution in [1.29, 1.82) is 15.8 Å². The van der Waals surface area contributed by atoms with E-state index < -0.39 is 0 Å². The summed E-state index contributed by atoms with van der Waals surface area (Å²) in [6.45, 7) is 0. The van der Waals surface area contributed by atoms with Crippen LogP contribution in [0.25, 0.3) is 141 Å². The summed E-state index contributed by atoms with van der Waals surface area (Å²) in [5, 5.41) is 46.0. The zero-order valence-electron chi connectivity index (χ0n) is 40.9. The molecule has 16 rings (SSSR count). The van der Waals surface area contributed by atoms with E-state index in [-0.39, 0.29) is 0 Å². The van der Waals surface area contributed by atoms with Crippen molar-refractivity contribution in [3.05, 3.63) is 241 Å². The minimum absolute atomic E-state index is 0.330. The summed E-state index contributed by atoms with van der Waals surface area (Å²) >= 11 is 1.79. The van der Waals surface area contributed by atoms with Gasteiger partial charge in [0, 0.05) is 74.5 Å². The predicted molar refractivity (Wildman–Crippen MR) is 316 cm³/mol. The van der Waals surface area contributed by atoms with Crippen LogP contribution in [0.5, 0.6) is 0 Å². The molecule has 0 fully saturated rings. The Labute approximate surface area is 443 Å². The number of rotatable bonds is 5. The zero-order chi connectivity index (χ0) is 51.0. The molecule has 0 saturated carbocycles. The van der Waals surface area contributed by atoms with Gasteiger partial charge in [-0.15, -0.1) is 11.3 Å². The second-order valence-electron chi connectivity index (χ2n) is 19.6. The van der Waals surface area contributed by atoms with Crippen molar-refractivity contribution in [2.75, 3.05) is 0 Å². The van der Waals surface area contributed by atoms with Crippen LogP contribution in [0.3, 0.4) is 0 Å². The van der Waals surface area contributed by atoms with E-state index >= 15 is 0 Å². The molecule has 5 heterocycles. The van der Waals surface area contributed by atoms with Gasteiger partial charge in [0.05, 0.1) is 72.8 Å². The van der Waals surface area contributed by atoms with E-state index in [4.69, 9.17) is 0 Å². The maximum atomic E-state index is 12.6. The predicted octanol–water partition coefficient (Wildman–Crippen LogP) is 17.7. The van der Waals surface area contributed by atoms with Gasteiger partial charge >= 0.3 is 0 Å². The Bertz CT molecular complexity index is 5110. The first-order valence-electron chi connectivity index (χ1n) is 25.5. The number of nitrogens with zero attached hydrogens (tertiary/aromatic N) is 7. The summed E-state index contributed by atoms with van der Waals surface area (Å²) in [7, 11) is 0. The summed E-state index contributed by atoms with van der Waals surface area (Å²) in [6.07, 6.45) is 0. The minimum atomic E-state index is 0.330. The van der Waals surface area contributed by atoms with Crippen molar-refractivity contribution in [3.8, 4) is 52.1 Å². The monoisotopic (exact) mass is 995 g/mol. The first-order chi connectivity index (χ1) is 38.2. The molecular formula is C69H37N7S. The molecule has 0 radical (unpaired) electrons. The Hall–Kier alpha value is -10.7. The molecule has 0 bridgehead atoms. The quantitative estimate of drug-likeness (QED) is 0.172. The molecule has 0 aliphatic rings. The van der Waals surface area contributed by atoms with E-state index in [1.54, 1.807) is 11.3 Å². The van der Waals surface area contributed by atoms with Gasteiger partial charge in [0.25, 0.3) is 0 Å². The Morgan fingerprint density at radius 1 is 0.312 bits per heavy atom. The lowest BCUT2D eigenvalue weighted by atomic mass is 9.91. The number of hydrogen-bond acceptors (Lipinski definition) is 4. The Kier molecular flexibility index (Phi) is 8.97. The molecular weight excluding hydrogens is 959 g/mol. The van der Waals surface area contributed by atoms with Gasteiger partial charge in [0.15, 0.2) is 0 Å². The van der Waals surface area contributed by atoms with Crippen molar-refractivity contribution in [2.24, 2.45) is 0 Å². The van der Waals surface area contributed by atoms with E-state index in [1.807, 2.05) is 48.5 Å². The standard InChI is InChI=1S/C69H37N7S/c70-38-41-34-36-42(37-35-41)60-65(74-53-27-11-4-20-44(53)45-21-5-12-28-54(45)74)51(39-71)64(52(40-72)66(60)75-55-29-13-6-22-46(55)47-23-7-14-30-56(47)75)76-58-32-16-9-25-49(58)62-68(76)61-48-24-8-15-31-57(48)73(43-18-2-1-3-19-43)67(61)63-50-26-10-17-33-59(50)77-69(62)63/h1-37H. The highest BCUT2D eigenvalue weighted by atomic mass is 32.1. The van der Waals surface area contributed by atoms with E-state index in [1.165, 1.54) is 10.1 Å². The maximum absolute atomic E-state index is 12.6. The van der Waals surface area contributed by atoms with Crippen LogP contribution < -0.4 is 0 Å². The lowest BCUT2D eigenvalue weighted by Crippen LogP contribution is -2.14. The highest BCUT2D eigenvalue weighted by Gasteiger charge is 2.35. The molecule has 11 aromatic carbocycles. The minimum Gasteiger partial charge on any atom is -0.308 e. The SMILES string of the molecule is N#Cc1ccc(-c2c(-n3c4ccccc4c4ccccc43)c(C#N)c(-n3c4ccccc4c4c5sc6ccccc6c5c5c(c6ccccc6n5-c5ccccc5)c43)c(C#N)c2-n2c3ccccc3c3ccccc32)cc1. The fraction of sp³-hybridized carbons (Fsp3) is 0. The first-order valence-corrected chi connectivity index (χ1v) is 26.4. The topological polar surface area (TPSA) is 91.1 Å². The Balaban J connectivity index is 1.24. The van der Waals surface area contributed by atoms with Crippen LogP contribution >= 0.6 is 11.3 Å². The molecule has 16 aromatic rings. The van der Waals surface area contributed by atoms with Crippen LogP contribution in [0.15, 0.2) is 224 Å². The van der Waals surface area contributed by atoms with E-state index in [0.717, 1.165) is 109 Å². The fourth-order valence-electron chi connectivity index (χ4n) is 12.9. The molecule has 0 unspecified atom stereocenters. The number of para-hydroxylation sites is 7. The van der Waals surface area contributed by atoms with Crippen molar-refractivity contribution in [1.82, 2.24) is 18.3 Å². The summed E-state index contributed by atoms with van der Waals surface area (Å²) in [4.78, 5) is 0. The lowest BCUT2D eigenvalue weighted by molar-refractivity contribution is 1.08. The van der Waals surface area contributed by atoms with E-state index in [0.29, 0.717) is 39.3 Å². The van der Waals surface area contributed by atoms with E-state index in [9.17, 15) is 15.8 Å². The number of benzene rings is 11. The number of aromatic nitrogens is 4. The largest absolute Gasteiger partial charge is 0.308 e. The average molecular weight is 996 g/mol. The van der Waals surface area contributed by atoms with Gasteiger partial charge < -0.3 is 18.3 Å². The van der Waals surface area contributed by atoms with Crippen LogP contribution in [-0.2, 0) is 0 Å². The van der Waals surface area contributed by atoms with Crippen LogP contribution in [0, 0.1) is 34.0 Å². The fourth-order valence-corrected chi connectivity index (χ4v) is 14.1. The highest BCUT2D eigenvalue weighted by molar-refractivity contribution is 7.27. The van der Waals surface area contributed by atoms with Crippen molar-refractivity contribution < 1.29 is 0 Å². The molecule has 77 heavy (non-hydrogen) atoms. The maximum Gasteiger partial charge on any atom is 0.104 e. The molecule has 7 nitrogen and oxygen atoms in total. The lowest BCUT2D eigenvalue weighted by Gasteiger charge is -2.26. The molecule has 0 aliphatic heterocycles. The molecule has 354 valence electrons. The second-order valence-corrected chi connectivity index (χ2v) is 20.7. The molecule has 0 aliphatic carbocycles. The van der Waals surface area contributed by atoms with Gasteiger partial charge in [-0.05, 0) is 72.3 Å². The van der Waals surface area contributed by atoms with Gasteiger partial charge in [-0.3, -0.25) is 0 Å². The molecule has 8 heteroatoms. The molecule has 0 saturated heterocycles. The smallest absolute Gasteiger partial charge is 0.104 e. The van der Waals surface area contributed by atoms with Crippen LogP contribution in [0.4, 0.5) is 0 Å². The van der Waals surface area contributed by atoms with Gasteiger partial charge in [-0.1, -0.05) is 158 Å². The molecule has 0 N–H and O–H groups in total. The number of fused-ring (bicyclic) bond motifs is 18. The molecule has 5 aromatic heterocycles. The van der Waals surface area contributed by atoms with E-state index in [2.05, 4.69) is 212 Å². The molecule has 0 spiro atoms. The van der Waals surface area contributed by atoms with Gasteiger partial charge in [-0.25, -0.2) is 0 Å². The van der Waals surface area contributed by atoms with Crippen LogP contribution in [0.2, 0.25) is 0 Å². The van der Waals surface area contributed by atoms with Gasteiger partial charge in [0.2, 0.25) is 0 Å². The second kappa shape index (κ2) is 16.2. The molecule has 0 atom stereocenters. The average Bonchev–Trinajstić information content (AvgIpc) is 4.49. The Morgan fingerprint density at radius 2 is 0.701 bits per heavy atom. The van der Waals surface area contributed by atoms with Crippen molar-refractivity contribution in [2.45, 2.75) is 0 Å².